The van der Waals surface area contributed by atoms with E-state index in [4.69, 9.17) is 9.84 Å². The van der Waals surface area contributed by atoms with Crippen molar-refractivity contribution >= 4 is 11.7 Å². The standard InChI is InChI=1S/C11H13NO3/c1-12-7-2-5-9(11(13)14)10(6-7)15-8-3-4-8/h2,5-6,8,12H,3-4H2,1H3,(H,13,14). The highest BCUT2D eigenvalue weighted by molar-refractivity contribution is 5.91. The van der Waals surface area contributed by atoms with Gasteiger partial charge >= 0.3 is 5.97 Å². The monoisotopic (exact) mass is 207 g/mol. The van der Waals surface area contributed by atoms with Crippen LogP contribution in [0, 0.1) is 0 Å². The summed E-state index contributed by atoms with van der Waals surface area (Å²) in [5.41, 5.74) is 1.08. The summed E-state index contributed by atoms with van der Waals surface area (Å²) in [5, 5.41) is 11.9. The molecule has 0 aromatic heterocycles. The Bertz CT molecular complexity index is 385. The second-order valence-corrected chi connectivity index (χ2v) is 3.58. The second kappa shape index (κ2) is 3.81. The van der Waals surface area contributed by atoms with E-state index in [2.05, 4.69) is 5.32 Å². The van der Waals surface area contributed by atoms with Gasteiger partial charge in [-0.25, -0.2) is 4.79 Å². The van der Waals surface area contributed by atoms with E-state index in [-0.39, 0.29) is 11.7 Å². The molecule has 15 heavy (non-hydrogen) atoms. The van der Waals surface area contributed by atoms with Crippen LogP contribution in [0.2, 0.25) is 0 Å². The van der Waals surface area contributed by atoms with Crippen LogP contribution in [0.3, 0.4) is 0 Å². The van der Waals surface area contributed by atoms with Crippen LogP contribution >= 0.6 is 0 Å². The predicted octanol–water partition coefficient (Wildman–Crippen LogP) is 1.97. The van der Waals surface area contributed by atoms with Crippen molar-refractivity contribution in [2.24, 2.45) is 0 Å². The molecule has 0 spiro atoms. The Morgan fingerprint density at radius 3 is 2.80 bits per heavy atom. The summed E-state index contributed by atoms with van der Waals surface area (Å²) in [6.07, 6.45) is 2.24. The zero-order valence-corrected chi connectivity index (χ0v) is 8.49. The SMILES string of the molecule is CNc1ccc(C(=O)O)c(OC2CC2)c1. The van der Waals surface area contributed by atoms with Gasteiger partial charge in [-0.15, -0.1) is 0 Å². The van der Waals surface area contributed by atoms with Crippen LogP contribution in [-0.4, -0.2) is 24.2 Å². The van der Waals surface area contributed by atoms with Crippen LogP contribution in [0.1, 0.15) is 23.2 Å². The molecule has 1 aliphatic rings. The fourth-order valence-electron chi connectivity index (χ4n) is 1.32. The summed E-state index contributed by atoms with van der Waals surface area (Å²) in [5.74, 6) is -0.495. The average Bonchev–Trinajstić information content (AvgIpc) is 3.01. The molecule has 0 saturated heterocycles. The van der Waals surface area contributed by atoms with E-state index >= 15 is 0 Å². The Kier molecular flexibility index (Phi) is 2.49. The number of carboxylic acids is 1. The van der Waals surface area contributed by atoms with E-state index in [9.17, 15) is 4.79 Å². The number of anilines is 1. The third-order valence-electron chi connectivity index (χ3n) is 2.32. The van der Waals surface area contributed by atoms with E-state index in [0.29, 0.717) is 5.75 Å². The summed E-state index contributed by atoms with van der Waals surface area (Å²) in [7, 11) is 1.79. The lowest BCUT2D eigenvalue weighted by Gasteiger charge is -2.09. The van der Waals surface area contributed by atoms with Crippen LogP contribution in [0.15, 0.2) is 18.2 Å². The first-order chi connectivity index (χ1) is 7.20. The molecule has 0 aliphatic heterocycles. The second-order valence-electron chi connectivity index (χ2n) is 3.58. The summed E-state index contributed by atoms with van der Waals surface area (Å²) in [4.78, 5) is 10.9. The Morgan fingerprint density at radius 2 is 2.27 bits per heavy atom. The lowest BCUT2D eigenvalue weighted by atomic mass is 10.2. The van der Waals surface area contributed by atoms with Gasteiger partial charge in [0.2, 0.25) is 0 Å². The topological polar surface area (TPSA) is 58.6 Å². The number of carboxylic acid groups (broad SMARTS) is 1. The molecule has 0 atom stereocenters. The van der Waals surface area contributed by atoms with Gasteiger partial charge in [-0.1, -0.05) is 0 Å². The van der Waals surface area contributed by atoms with Crippen LogP contribution in [0.25, 0.3) is 0 Å². The van der Waals surface area contributed by atoms with E-state index in [0.717, 1.165) is 18.5 Å². The maximum absolute atomic E-state index is 10.9. The molecule has 80 valence electrons. The highest BCUT2D eigenvalue weighted by Gasteiger charge is 2.25. The maximum Gasteiger partial charge on any atom is 0.339 e. The van der Waals surface area contributed by atoms with Gasteiger partial charge in [0.05, 0.1) is 6.10 Å². The van der Waals surface area contributed by atoms with E-state index in [1.54, 1.807) is 25.2 Å². The number of benzene rings is 1. The van der Waals surface area contributed by atoms with Crippen LogP contribution < -0.4 is 10.1 Å². The van der Waals surface area contributed by atoms with Crippen molar-refractivity contribution in [3.63, 3.8) is 0 Å². The molecule has 1 fully saturated rings. The lowest BCUT2D eigenvalue weighted by Crippen LogP contribution is -2.05. The quantitative estimate of drug-likeness (QED) is 0.792. The summed E-state index contributed by atoms with van der Waals surface area (Å²) >= 11 is 0. The van der Waals surface area contributed by atoms with E-state index < -0.39 is 5.97 Å². The first kappa shape index (κ1) is 9.83. The van der Waals surface area contributed by atoms with Crippen molar-refractivity contribution in [1.29, 1.82) is 0 Å². The molecular formula is C11H13NO3. The number of carbonyl (C=O) groups is 1. The first-order valence-electron chi connectivity index (χ1n) is 4.92. The molecule has 0 bridgehead atoms. The van der Waals surface area contributed by atoms with Gasteiger partial charge in [-0.3, -0.25) is 0 Å². The molecule has 4 nitrogen and oxygen atoms in total. The maximum atomic E-state index is 10.9. The Morgan fingerprint density at radius 1 is 1.53 bits per heavy atom. The first-order valence-corrected chi connectivity index (χ1v) is 4.92. The number of aromatic carboxylic acids is 1. The van der Waals surface area contributed by atoms with Crippen molar-refractivity contribution in [3.05, 3.63) is 23.8 Å². The molecule has 0 radical (unpaired) electrons. The number of nitrogens with one attached hydrogen (secondary N) is 1. The normalized spacial score (nSPS) is 14.7. The zero-order chi connectivity index (χ0) is 10.8. The predicted molar refractivity (Wildman–Crippen MR) is 56.6 cm³/mol. The highest BCUT2D eigenvalue weighted by Crippen LogP contribution is 2.31. The molecular weight excluding hydrogens is 194 g/mol. The minimum atomic E-state index is -0.951. The van der Waals surface area contributed by atoms with Gasteiger partial charge in [0.1, 0.15) is 11.3 Å². The smallest absolute Gasteiger partial charge is 0.339 e. The molecule has 1 aliphatic carbocycles. The third kappa shape index (κ3) is 2.21. The van der Waals surface area contributed by atoms with Crippen LogP contribution in [-0.2, 0) is 0 Å². The zero-order valence-electron chi connectivity index (χ0n) is 8.49. The van der Waals surface area contributed by atoms with Gasteiger partial charge < -0.3 is 15.2 Å². The fourth-order valence-corrected chi connectivity index (χ4v) is 1.32. The molecule has 1 aromatic carbocycles. The van der Waals surface area contributed by atoms with Crippen molar-refractivity contribution in [2.45, 2.75) is 18.9 Å². The summed E-state index contributed by atoms with van der Waals surface area (Å²) in [6.45, 7) is 0. The number of hydrogen-bond donors (Lipinski definition) is 2. The van der Waals surface area contributed by atoms with Gasteiger partial charge in [-0.05, 0) is 25.0 Å². The minimum absolute atomic E-state index is 0.204. The Hall–Kier alpha value is -1.71. The molecule has 0 unspecified atom stereocenters. The summed E-state index contributed by atoms with van der Waals surface area (Å²) in [6, 6.07) is 5.01. The molecule has 1 saturated carbocycles. The van der Waals surface area contributed by atoms with Crippen molar-refractivity contribution in [1.82, 2.24) is 0 Å². The minimum Gasteiger partial charge on any atom is -0.489 e. The average molecular weight is 207 g/mol. The van der Waals surface area contributed by atoms with Gasteiger partial charge in [0.25, 0.3) is 0 Å². The number of hydrogen-bond acceptors (Lipinski definition) is 3. The van der Waals surface area contributed by atoms with Gasteiger partial charge in [0, 0.05) is 18.8 Å². The molecule has 1 aromatic rings. The molecule has 0 amide bonds. The van der Waals surface area contributed by atoms with Gasteiger partial charge in [0.15, 0.2) is 0 Å². The molecule has 2 rings (SSSR count). The Labute approximate surface area is 87.9 Å². The largest absolute Gasteiger partial charge is 0.489 e. The van der Waals surface area contributed by atoms with E-state index in [1.807, 2.05) is 0 Å². The highest BCUT2D eigenvalue weighted by atomic mass is 16.5. The van der Waals surface area contributed by atoms with Crippen LogP contribution in [0.4, 0.5) is 5.69 Å². The third-order valence-corrected chi connectivity index (χ3v) is 2.32. The molecule has 0 heterocycles. The van der Waals surface area contributed by atoms with Gasteiger partial charge in [-0.2, -0.15) is 0 Å². The lowest BCUT2D eigenvalue weighted by molar-refractivity contribution is 0.0692. The molecule has 4 heteroatoms. The fraction of sp³-hybridized carbons (Fsp3) is 0.364. The van der Waals surface area contributed by atoms with Crippen molar-refractivity contribution in [3.8, 4) is 5.75 Å². The van der Waals surface area contributed by atoms with Crippen molar-refractivity contribution < 1.29 is 14.6 Å². The number of rotatable bonds is 4. The van der Waals surface area contributed by atoms with E-state index in [1.165, 1.54) is 0 Å². The summed E-state index contributed by atoms with van der Waals surface area (Å²) < 4.78 is 5.54. The Balaban J connectivity index is 2.30. The molecule has 2 N–H and O–H groups in total. The van der Waals surface area contributed by atoms with Crippen molar-refractivity contribution in [2.75, 3.05) is 12.4 Å². The van der Waals surface area contributed by atoms with Crippen LogP contribution in [0.5, 0.6) is 5.75 Å². The number of ether oxygens (including phenoxy) is 1.